The lowest BCUT2D eigenvalue weighted by Gasteiger charge is -2.38. The molecule has 0 bridgehead atoms. The molecule has 2 aliphatic heterocycles. The molecule has 3 heterocycles. The summed E-state index contributed by atoms with van der Waals surface area (Å²) in [7, 11) is 0. The number of nitrogens with zero attached hydrogens (tertiary/aromatic N) is 3. The average molecular weight is 261 g/mol. The van der Waals surface area contributed by atoms with Gasteiger partial charge in [0.1, 0.15) is 5.82 Å². The molecule has 1 N–H and O–H groups in total. The Balaban J connectivity index is 1.81. The summed E-state index contributed by atoms with van der Waals surface area (Å²) in [6.45, 7) is 6.78. The number of anilines is 1. The van der Waals surface area contributed by atoms with E-state index in [-0.39, 0.29) is 6.61 Å². The summed E-state index contributed by atoms with van der Waals surface area (Å²) in [5.41, 5.74) is 2.06. The summed E-state index contributed by atoms with van der Waals surface area (Å²) in [4.78, 5) is 9.73. The number of hydrogen-bond donors (Lipinski definition) is 1. The molecule has 0 aliphatic carbocycles. The van der Waals surface area contributed by atoms with Gasteiger partial charge in [-0.15, -0.1) is 0 Å². The van der Waals surface area contributed by atoms with Crippen molar-refractivity contribution in [1.29, 1.82) is 0 Å². The normalized spacial score (nSPS) is 23.7. The van der Waals surface area contributed by atoms with Crippen LogP contribution in [0.5, 0.6) is 0 Å². The van der Waals surface area contributed by atoms with Crippen LogP contribution in [0.2, 0.25) is 0 Å². The van der Waals surface area contributed by atoms with Crippen molar-refractivity contribution in [2.24, 2.45) is 0 Å². The van der Waals surface area contributed by atoms with Crippen LogP contribution in [0, 0.1) is 0 Å². The Labute approximate surface area is 115 Å². The van der Waals surface area contributed by atoms with Crippen molar-refractivity contribution >= 4 is 5.82 Å². The third-order valence-electron chi connectivity index (χ3n) is 4.38. The molecule has 4 heteroatoms. The summed E-state index contributed by atoms with van der Waals surface area (Å²) < 4.78 is 0. The number of aromatic nitrogens is 1. The first-order valence-corrected chi connectivity index (χ1v) is 7.40. The second-order valence-electron chi connectivity index (χ2n) is 5.61. The molecule has 4 nitrogen and oxygen atoms in total. The number of piperazine rings is 1. The van der Waals surface area contributed by atoms with Gasteiger partial charge in [-0.3, -0.25) is 4.90 Å². The van der Waals surface area contributed by atoms with E-state index in [1.807, 2.05) is 12.1 Å². The van der Waals surface area contributed by atoms with Gasteiger partial charge in [-0.05, 0) is 43.5 Å². The van der Waals surface area contributed by atoms with Gasteiger partial charge in [-0.2, -0.15) is 0 Å². The van der Waals surface area contributed by atoms with Crippen LogP contribution in [0.15, 0.2) is 12.1 Å². The van der Waals surface area contributed by atoms with Crippen molar-refractivity contribution in [3.8, 4) is 0 Å². The number of aliphatic hydroxyl groups excluding tert-OH is 1. The molecule has 0 amide bonds. The molecular weight excluding hydrogens is 238 g/mol. The number of pyridine rings is 1. The van der Waals surface area contributed by atoms with Crippen LogP contribution >= 0.6 is 0 Å². The van der Waals surface area contributed by atoms with Crippen molar-refractivity contribution in [2.75, 3.05) is 31.1 Å². The molecule has 1 aromatic rings. The zero-order chi connectivity index (χ0) is 13.2. The Kier molecular flexibility index (Phi) is 3.71. The van der Waals surface area contributed by atoms with Gasteiger partial charge in [0, 0.05) is 31.4 Å². The Morgan fingerprint density at radius 2 is 2.21 bits per heavy atom. The van der Waals surface area contributed by atoms with Crippen LogP contribution in [0.4, 0.5) is 5.82 Å². The standard InChI is InChI=1S/C15H23N3O/c1-2-13-8-12(11-19)9-15(16-13)18-7-6-17-5-3-4-14(17)10-18/h8-9,14,19H,2-7,10-11H2,1H3. The molecule has 19 heavy (non-hydrogen) atoms. The average Bonchev–Trinajstić information content (AvgIpc) is 2.94. The summed E-state index contributed by atoms with van der Waals surface area (Å²) in [5.74, 6) is 1.05. The highest BCUT2D eigenvalue weighted by Crippen LogP contribution is 2.25. The maximum atomic E-state index is 9.38. The molecule has 1 aromatic heterocycles. The van der Waals surface area contributed by atoms with E-state index < -0.39 is 0 Å². The maximum absolute atomic E-state index is 9.38. The highest BCUT2D eigenvalue weighted by Gasteiger charge is 2.31. The van der Waals surface area contributed by atoms with Crippen LogP contribution in [0.25, 0.3) is 0 Å². The van der Waals surface area contributed by atoms with Crippen molar-refractivity contribution < 1.29 is 5.11 Å². The first-order chi connectivity index (χ1) is 9.30. The molecule has 0 radical (unpaired) electrons. The minimum atomic E-state index is 0.103. The maximum Gasteiger partial charge on any atom is 0.129 e. The van der Waals surface area contributed by atoms with Gasteiger partial charge < -0.3 is 10.0 Å². The predicted octanol–water partition coefficient (Wildman–Crippen LogP) is 1.42. The SMILES string of the molecule is CCc1cc(CO)cc(N2CCN3CCCC3C2)n1. The Morgan fingerprint density at radius 3 is 3.00 bits per heavy atom. The Hall–Kier alpha value is -1.13. The molecule has 2 saturated heterocycles. The third-order valence-corrected chi connectivity index (χ3v) is 4.38. The smallest absolute Gasteiger partial charge is 0.129 e. The van der Waals surface area contributed by atoms with Gasteiger partial charge in [0.15, 0.2) is 0 Å². The highest BCUT2D eigenvalue weighted by atomic mass is 16.3. The summed E-state index contributed by atoms with van der Waals surface area (Å²) in [6.07, 6.45) is 3.57. The first kappa shape index (κ1) is 12.9. The van der Waals surface area contributed by atoms with Crippen LogP contribution in [-0.4, -0.2) is 47.2 Å². The molecule has 2 fully saturated rings. The number of fused-ring (bicyclic) bond motifs is 1. The molecule has 104 valence electrons. The largest absolute Gasteiger partial charge is 0.392 e. The van der Waals surface area contributed by atoms with E-state index in [4.69, 9.17) is 4.98 Å². The molecule has 0 aromatic carbocycles. The first-order valence-electron chi connectivity index (χ1n) is 7.40. The minimum Gasteiger partial charge on any atom is -0.392 e. The lowest BCUT2D eigenvalue weighted by Crippen LogP contribution is -2.50. The number of hydrogen-bond acceptors (Lipinski definition) is 4. The van der Waals surface area contributed by atoms with E-state index in [2.05, 4.69) is 16.7 Å². The Bertz CT molecular complexity index is 427. The fourth-order valence-electron chi connectivity index (χ4n) is 3.27. The lowest BCUT2D eigenvalue weighted by atomic mass is 10.1. The lowest BCUT2D eigenvalue weighted by molar-refractivity contribution is 0.230. The number of aliphatic hydroxyl groups is 1. The molecule has 2 aliphatic rings. The van der Waals surface area contributed by atoms with E-state index in [1.165, 1.54) is 19.4 Å². The van der Waals surface area contributed by atoms with Crippen molar-refractivity contribution in [2.45, 2.75) is 38.8 Å². The summed E-state index contributed by atoms with van der Waals surface area (Å²) in [5, 5.41) is 9.38. The fourth-order valence-corrected chi connectivity index (χ4v) is 3.27. The van der Waals surface area contributed by atoms with Gasteiger partial charge in [0.25, 0.3) is 0 Å². The van der Waals surface area contributed by atoms with E-state index in [0.29, 0.717) is 6.04 Å². The second-order valence-corrected chi connectivity index (χ2v) is 5.61. The molecular formula is C15H23N3O. The summed E-state index contributed by atoms with van der Waals surface area (Å²) in [6, 6.07) is 4.76. The topological polar surface area (TPSA) is 39.6 Å². The van der Waals surface area contributed by atoms with Gasteiger partial charge in [0.2, 0.25) is 0 Å². The molecule has 0 saturated carbocycles. The fraction of sp³-hybridized carbons (Fsp3) is 0.667. The van der Waals surface area contributed by atoms with Crippen LogP contribution in [-0.2, 0) is 13.0 Å². The number of rotatable bonds is 3. The van der Waals surface area contributed by atoms with E-state index in [9.17, 15) is 5.11 Å². The summed E-state index contributed by atoms with van der Waals surface area (Å²) >= 11 is 0. The molecule has 3 rings (SSSR count). The molecule has 1 unspecified atom stereocenters. The number of aryl methyl sites for hydroxylation is 1. The van der Waals surface area contributed by atoms with Gasteiger partial charge in [-0.25, -0.2) is 4.98 Å². The van der Waals surface area contributed by atoms with Crippen molar-refractivity contribution in [3.63, 3.8) is 0 Å². The Morgan fingerprint density at radius 1 is 1.32 bits per heavy atom. The van der Waals surface area contributed by atoms with Crippen LogP contribution < -0.4 is 4.90 Å². The molecule has 1 atom stereocenters. The van der Waals surface area contributed by atoms with E-state index >= 15 is 0 Å². The van der Waals surface area contributed by atoms with Crippen molar-refractivity contribution in [3.05, 3.63) is 23.4 Å². The van der Waals surface area contributed by atoms with Gasteiger partial charge in [-0.1, -0.05) is 6.92 Å². The zero-order valence-corrected chi connectivity index (χ0v) is 11.7. The minimum absolute atomic E-state index is 0.103. The quantitative estimate of drug-likeness (QED) is 0.893. The van der Waals surface area contributed by atoms with Gasteiger partial charge in [0.05, 0.1) is 6.61 Å². The van der Waals surface area contributed by atoms with Crippen molar-refractivity contribution in [1.82, 2.24) is 9.88 Å². The predicted molar refractivity (Wildman–Crippen MR) is 76.3 cm³/mol. The van der Waals surface area contributed by atoms with Gasteiger partial charge >= 0.3 is 0 Å². The third kappa shape index (κ3) is 2.60. The highest BCUT2D eigenvalue weighted by molar-refractivity contribution is 5.43. The zero-order valence-electron chi connectivity index (χ0n) is 11.7. The van der Waals surface area contributed by atoms with Crippen LogP contribution in [0.3, 0.4) is 0 Å². The van der Waals surface area contributed by atoms with E-state index in [1.54, 1.807) is 0 Å². The van der Waals surface area contributed by atoms with E-state index in [0.717, 1.165) is 43.1 Å². The monoisotopic (exact) mass is 261 g/mol. The second kappa shape index (κ2) is 5.47. The molecule has 0 spiro atoms. The van der Waals surface area contributed by atoms with Crippen LogP contribution in [0.1, 0.15) is 31.0 Å².